The first-order chi connectivity index (χ1) is 13.5. The zero-order valence-electron chi connectivity index (χ0n) is 15.6. The molecule has 0 saturated carbocycles. The number of piperidine rings is 1. The van der Waals surface area contributed by atoms with E-state index in [-0.39, 0.29) is 23.1 Å². The Hall–Kier alpha value is -2.82. The summed E-state index contributed by atoms with van der Waals surface area (Å²) < 4.78 is 32.3. The highest BCUT2D eigenvalue weighted by atomic mass is 32.2. The number of anilines is 1. The first-order valence-corrected chi connectivity index (χ1v) is 10.5. The third-order valence-corrected chi connectivity index (χ3v) is 5.88. The Labute approximate surface area is 165 Å². The topological polar surface area (TPSA) is 75.7 Å². The van der Waals surface area contributed by atoms with Crippen LogP contribution in [0.2, 0.25) is 0 Å². The van der Waals surface area contributed by atoms with E-state index in [2.05, 4.69) is 16.6 Å². The summed E-state index contributed by atoms with van der Waals surface area (Å²) in [6.45, 7) is 0.724. The molecule has 6 nitrogen and oxygen atoms in total. The van der Waals surface area contributed by atoms with Gasteiger partial charge >= 0.3 is 0 Å². The molecule has 0 aliphatic carbocycles. The van der Waals surface area contributed by atoms with Crippen molar-refractivity contribution >= 4 is 21.6 Å². The Bertz CT molecular complexity index is 1000. The standard InChI is InChI=1S/C21H22N2O4S/c1-27-19-8-2-3-9-20(19)28(25,26)22-15-6-7-17-11-13-18(14-12-17)23-16-5-4-10-21(23)24/h2-3,8-9,11-14,22H,4-5,10,15-16H2,1H3. The number of rotatable bonds is 5. The van der Waals surface area contributed by atoms with E-state index in [0.717, 1.165) is 30.6 Å². The molecule has 0 unspecified atom stereocenters. The molecule has 0 atom stereocenters. The molecular weight excluding hydrogens is 376 g/mol. The minimum Gasteiger partial charge on any atom is -0.495 e. The van der Waals surface area contributed by atoms with Gasteiger partial charge in [0.25, 0.3) is 0 Å². The highest BCUT2D eigenvalue weighted by molar-refractivity contribution is 7.89. The van der Waals surface area contributed by atoms with Crippen LogP contribution in [0.3, 0.4) is 0 Å². The van der Waals surface area contributed by atoms with E-state index < -0.39 is 10.0 Å². The summed E-state index contributed by atoms with van der Waals surface area (Å²) in [5, 5.41) is 0. The lowest BCUT2D eigenvalue weighted by molar-refractivity contribution is -0.119. The molecule has 1 fully saturated rings. The highest BCUT2D eigenvalue weighted by Gasteiger charge is 2.19. The van der Waals surface area contributed by atoms with E-state index in [1.54, 1.807) is 23.1 Å². The summed E-state index contributed by atoms with van der Waals surface area (Å²) >= 11 is 0. The lowest BCUT2D eigenvalue weighted by Crippen LogP contribution is -2.35. The minimum atomic E-state index is -3.71. The molecule has 1 saturated heterocycles. The normalized spacial score (nSPS) is 14.3. The third-order valence-electron chi connectivity index (χ3n) is 4.44. The summed E-state index contributed by atoms with van der Waals surface area (Å²) in [5.74, 6) is 6.17. The molecule has 2 aromatic rings. The number of methoxy groups -OCH3 is 1. The fourth-order valence-corrected chi connectivity index (χ4v) is 4.09. The third kappa shape index (κ3) is 4.71. The van der Waals surface area contributed by atoms with Gasteiger partial charge < -0.3 is 9.64 Å². The van der Waals surface area contributed by atoms with Gasteiger partial charge in [-0.1, -0.05) is 24.0 Å². The smallest absolute Gasteiger partial charge is 0.245 e. The quantitative estimate of drug-likeness (QED) is 0.786. The molecule has 1 aliphatic heterocycles. The largest absolute Gasteiger partial charge is 0.495 e. The van der Waals surface area contributed by atoms with Crippen molar-refractivity contribution in [1.29, 1.82) is 0 Å². The lowest BCUT2D eigenvalue weighted by atomic mass is 10.1. The molecule has 28 heavy (non-hydrogen) atoms. The first-order valence-electron chi connectivity index (χ1n) is 9.03. The van der Waals surface area contributed by atoms with Gasteiger partial charge in [-0.3, -0.25) is 4.79 Å². The van der Waals surface area contributed by atoms with Crippen molar-refractivity contribution < 1.29 is 17.9 Å². The van der Waals surface area contributed by atoms with Crippen LogP contribution in [0.15, 0.2) is 53.4 Å². The Morgan fingerprint density at radius 1 is 1.11 bits per heavy atom. The maximum Gasteiger partial charge on any atom is 0.245 e. The Kier molecular flexibility index (Phi) is 6.34. The van der Waals surface area contributed by atoms with Crippen molar-refractivity contribution in [2.45, 2.75) is 24.2 Å². The molecule has 7 heteroatoms. The molecule has 2 aromatic carbocycles. The van der Waals surface area contributed by atoms with Crippen LogP contribution in [0.25, 0.3) is 0 Å². The number of carbonyl (C=O) groups excluding carboxylic acids is 1. The summed E-state index contributed by atoms with van der Waals surface area (Å²) in [5.41, 5.74) is 1.62. The predicted molar refractivity (Wildman–Crippen MR) is 108 cm³/mol. The molecule has 0 radical (unpaired) electrons. The van der Waals surface area contributed by atoms with Gasteiger partial charge in [-0.05, 0) is 49.2 Å². The van der Waals surface area contributed by atoms with Gasteiger partial charge in [0.1, 0.15) is 10.6 Å². The number of sulfonamides is 1. The van der Waals surface area contributed by atoms with Crippen LogP contribution >= 0.6 is 0 Å². The van der Waals surface area contributed by atoms with Crippen LogP contribution in [-0.4, -0.2) is 34.5 Å². The van der Waals surface area contributed by atoms with Crippen molar-refractivity contribution in [2.24, 2.45) is 0 Å². The number of nitrogens with one attached hydrogen (secondary N) is 1. The van der Waals surface area contributed by atoms with Gasteiger partial charge in [-0.15, -0.1) is 0 Å². The molecule has 1 aliphatic rings. The van der Waals surface area contributed by atoms with E-state index in [9.17, 15) is 13.2 Å². The second kappa shape index (κ2) is 8.91. The molecule has 1 amide bonds. The van der Waals surface area contributed by atoms with Crippen LogP contribution in [0.5, 0.6) is 5.75 Å². The fraction of sp³-hybridized carbons (Fsp3) is 0.286. The van der Waals surface area contributed by atoms with E-state index in [0.29, 0.717) is 6.42 Å². The molecule has 0 aromatic heterocycles. The SMILES string of the molecule is COc1ccccc1S(=O)(=O)NCC#Cc1ccc(N2CCCCC2=O)cc1. The predicted octanol–water partition coefficient (Wildman–Crippen LogP) is 2.54. The number of benzene rings is 2. The number of amides is 1. The van der Waals surface area contributed by atoms with Crippen LogP contribution in [0, 0.1) is 11.8 Å². The van der Waals surface area contributed by atoms with E-state index in [1.165, 1.54) is 13.2 Å². The zero-order valence-corrected chi connectivity index (χ0v) is 16.5. The summed E-state index contributed by atoms with van der Waals surface area (Å²) in [4.78, 5) is 13.8. The highest BCUT2D eigenvalue weighted by Crippen LogP contribution is 2.22. The number of nitrogens with zero attached hydrogens (tertiary/aromatic N) is 1. The average molecular weight is 398 g/mol. The Morgan fingerprint density at radius 3 is 2.57 bits per heavy atom. The van der Waals surface area contributed by atoms with Gasteiger partial charge in [0.2, 0.25) is 15.9 Å². The summed E-state index contributed by atoms with van der Waals surface area (Å²) in [6.07, 6.45) is 2.55. The van der Waals surface area contributed by atoms with Crippen LogP contribution < -0.4 is 14.4 Å². The molecule has 0 spiro atoms. The van der Waals surface area contributed by atoms with Gasteiger partial charge in [0.15, 0.2) is 0 Å². The summed E-state index contributed by atoms with van der Waals surface area (Å²) in [6, 6.07) is 13.8. The molecule has 1 N–H and O–H groups in total. The summed E-state index contributed by atoms with van der Waals surface area (Å²) in [7, 11) is -2.28. The van der Waals surface area contributed by atoms with Gasteiger partial charge in [-0.25, -0.2) is 8.42 Å². The van der Waals surface area contributed by atoms with Crippen molar-refractivity contribution in [3.8, 4) is 17.6 Å². The van der Waals surface area contributed by atoms with Gasteiger partial charge in [0.05, 0.1) is 13.7 Å². The number of ether oxygens (including phenoxy) is 1. The van der Waals surface area contributed by atoms with Crippen LogP contribution in [-0.2, 0) is 14.8 Å². The van der Waals surface area contributed by atoms with Crippen LogP contribution in [0.1, 0.15) is 24.8 Å². The minimum absolute atomic E-state index is 0.0211. The lowest BCUT2D eigenvalue weighted by Gasteiger charge is -2.26. The molecule has 3 rings (SSSR count). The number of hydrogen-bond donors (Lipinski definition) is 1. The van der Waals surface area contributed by atoms with E-state index in [4.69, 9.17) is 4.74 Å². The zero-order chi connectivity index (χ0) is 20.0. The fourth-order valence-electron chi connectivity index (χ4n) is 3.00. The van der Waals surface area contributed by atoms with Gasteiger partial charge in [0, 0.05) is 24.2 Å². The van der Waals surface area contributed by atoms with Crippen molar-refractivity contribution in [2.75, 3.05) is 25.1 Å². The molecular formula is C21H22N2O4S. The molecule has 1 heterocycles. The Morgan fingerprint density at radius 2 is 1.86 bits per heavy atom. The maximum atomic E-state index is 12.4. The second-order valence-corrected chi connectivity index (χ2v) is 8.06. The Balaban J connectivity index is 1.62. The van der Waals surface area contributed by atoms with Crippen molar-refractivity contribution in [3.05, 3.63) is 54.1 Å². The first kappa shape index (κ1) is 19.9. The number of para-hydroxylation sites is 1. The van der Waals surface area contributed by atoms with E-state index in [1.807, 2.05) is 24.3 Å². The van der Waals surface area contributed by atoms with Crippen molar-refractivity contribution in [3.63, 3.8) is 0 Å². The van der Waals surface area contributed by atoms with Gasteiger partial charge in [-0.2, -0.15) is 4.72 Å². The molecule has 0 bridgehead atoms. The maximum absolute atomic E-state index is 12.4. The molecule has 146 valence electrons. The van der Waals surface area contributed by atoms with Crippen LogP contribution in [0.4, 0.5) is 5.69 Å². The second-order valence-electron chi connectivity index (χ2n) is 6.33. The van der Waals surface area contributed by atoms with Crippen molar-refractivity contribution in [1.82, 2.24) is 4.72 Å². The average Bonchev–Trinajstić information content (AvgIpc) is 2.72. The number of carbonyl (C=O) groups is 1. The monoisotopic (exact) mass is 398 g/mol. The van der Waals surface area contributed by atoms with E-state index >= 15 is 0 Å². The number of hydrogen-bond acceptors (Lipinski definition) is 4.